The molecule has 0 saturated heterocycles. The molecule has 11 heavy (non-hydrogen) atoms. The summed E-state index contributed by atoms with van der Waals surface area (Å²) in [6, 6.07) is 0. The molecule has 1 heterocycles. The first-order valence-corrected chi connectivity index (χ1v) is 3.98. The fourth-order valence-corrected chi connectivity index (χ4v) is 0.724. The number of nitrogens with zero attached hydrogens (tertiary/aromatic N) is 1. The van der Waals surface area contributed by atoms with Gasteiger partial charge in [0.25, 0.3) is 0 Å². The van der Waals surface area contributed by atoms with Crippen LogP contribution >= 0.6 is 0 Å². The molecule has 1 rings (SSSR count). The highest BCUT2D eigenvalue weighted by Gasteiger charge is 1.91. The zero-order valence-electron chi connectivity index (χ0n) is 7.73. The fraction of sp³-hybridized carbons (Fsp3) is 0.625. The van der Waals surface area contributed by atoms with Gasteiger partial charge in [-0.3, -0.25) is 0 Å². The zero-order valence-corrected chi connectivity index (χ0v) is 7.73. The molecule has 0 unspecified atom stereocenters. The Balaban J connectivity index is 0.000000461. The summed E-state index contributed by atoms with van der Waals surface area (Å²) in [6.45, 7) is 6.81. The highest BCUT2D eigenvalue weighted by Crippen LogP contribution is 1.92. The number of rotatable bonds is 2. The third kappa shape index (κ3) is 3.78. The fourth-order valence-electron chi connectivity index (χ4n) is 0.724. The van der Waals surface area contributed by atoms with Crippen LogP contribution in [0.15, 0.2) is 6.20 Å². The molecule has 2 N–H and O–H groups in total. The number of hydrogen-bond donors (Lipinski definition) is 2. The van der Waals surface area contributed by atoms with Crippen LogP contribution in [0.1, 0.15) is 25.4 Å². The molecular formula is C8H17N3. The highest BCUT2D eigenvalue weighted by atomic mass is 15.0. The van der Waals surface area contributed by atoms with E-state index in [2.05, 4.69) is 15.3 Å². The average Bonchev–Trinajstić information content (AvgIpc) is 2.41. The Hall–Kier alpha value is -0.830. The molecule has 0 fully saturated rings. The lowest BCUT2D eigenvalue weighted by atomic mass is 10.6. The van der Waals surface area contributed by atoms with E-state index in [0.29, 0.717) is 0 Å². The molecular weight excluding hydrogens is 138 g/mol. The highest BCUT2D eigenvalue weighted by molar-refractivity contribution is 4.97. The van der Waals surface area contributed by atoms with Gasteiger partial charge in [0, 0.05) is 11.9 Å². The zero-order chi connectivity index (χ0) is 8.69. The molecule has 0 aliphatic carbocycles. The molecule has 0 atom stereocenters. The summed E-state index contributed by atoms with van der Waals surface area (Å²) in [7, 11) is 1.90. The van der Waals surface area contributed by atoms with Gasteiger partial charge in [-0.15, -0.1) is 0 Å². The first kappa shape index (κ1) is 10.2. The predicted octanol–water partition coefficient (Wildman–Crippen LogP) is 1.46. The van der Waals surface area contributed by atoms with E-state index in [1.165, 1.54) is 0 Å². The monoisotopic (exact) mass is 155 g/mol. The molecule has 0 aromatic carbocycles. The second-order valence-electron chi connectivity index (χ2n) is 2.04. The van der Waals surface area contributed by atoms with E-state index < -0.39 is 0 Å². The van der Waals surface area contributed by atoms with Crippen molar-refractivity contribution in [2.24, 2.45) is 0 Å². The molecule has 0 saturated carbocycles. The van der Waals surface area contributed by atoms with Gasteiger partial charge in [-0.1, -0.05) is 13.8 Å². The Morgan fingerprint density at radius 1 is 1.55 bits per heavy atom. The second-order valence-corrected chi connectivity index (χ2v) is 2.04. The SMILES string of the molecule is CC.CNCc1ncc(C)[nH]1. The van der Waals surface area contributed by atoms with Gasteiger partial charge < -0.3 is 10.3 Å². The number of nitrogens with one attached hydrogen (secondary N) is 2. The maximum absolute atomic E-state index is 4.09. The van der Waals surface area contributed by atoms with Crippen LogP contribution < -0.4 is 5.32 Å². The molecule has 0 spiro atoms. The van der Waals surface area contributed by atoms with Crippen molar-refractivity contribution in [3.8, 4) is 0 Å². The van der Waals surface area contributed by atoms with Crippen molar-refractivity contribution >= 4 is 0 Å². The number of aryl methyl sites for hydroxylation is 1. The van der Waals surface area contributed by atoms with Crippen molar-refractivity contribution in [3.05, 3.63) is 17.7 Å². The molecule has 0 aliphatic heterocycles. The third-order valence-electron chi connectivity index (χ3n) is 1.10. The Kier molecular flexibility index (Phi) is 5.47. The van der Waals surface area contributed by atoms with Crippen LogP contribution in [0.25, 0.3) is 0 Å². The number of H-pyrrole nitrogens is 1. The quantitative estimate of drug-likeness (QED) is 0.679. The van der Waals surface area contributed by atoms with Crippen molar-refractivity contribution in [3.63, 3.8) is 0 Å². The number of aromatic amines is 1. The first-order chi connectivity index (χ1) is 5.33. The molecule has 0 aliphatic rings. The minimum absolute atomic E-state index is 0.813. The Bertz CT molecular complexity index is 181. The van der Waals surface area contributed by atoms with Gasteiger partial charge in [-0.05, 0) is 14.0 Å². The van der Waals surface area contributed by atoms with Gasteiger partial charge in [0.1, 0.15) is 5.82 Å². The van der Waals surface area contributed by atoms with Crippen LogP contribution in [-0.4, -0.2) is 17.0 Å². The first-order valence-electron chi connectivity index (χ1n) is 3.98. The summed E-state index contributed by atoms with van der Waals surface area (Å²) >= 11 is 0. The average molecular weight is 155 g/mol. The molecule has 3 nitrogen and oxygen atoms in total. The van der Waals surface area contributed by atoms with Crippen molar-refractivity contribution < 1.29 is 0 Å². The standard InChI is InChI=1S/C6H11N3.C2H6/c1-5-3-8-6(9-5)4-7-2;1-2/h3,7H,4H2,1-2H3,(H,8,9);1-2H3. The molecule has 3 heteroatoms. The number of hydrogen-bond acceptors (Lipinski definition) is 2. The van der Waals surface area contributed by atoms with E-state index in [-0.39, 0.29) is 0 Å². The van der Waals surface area contributed by atoms with Crippen molar-refractivity contribution in [2.75, 3.05) is 7.05 Å². The second kappa shape index (κ2) is 5.92. The van der Waals surface area contributed by atoms with Crippen LogP contribution in [0.4, 0.5) is 0 Å². The van der Waals surface area contributed by atoms with E-state index >= 15 is 0 Å². The van der Waals surface area contributed by atoms with Gasteiger partial charge in [0.15, 0.2) is 0 Å². The van der Waals surface area contributed by atoms with Crippen LogP contribution in [0.5, 0.6) is 0 Å². The topological polar surface area (TPSA) is 40.7 Å². The van der Waals surface area contributed by atoms with E-state index in [9.17, 15) is 0 Å². The molecule has 1 aromatic rings. The Labute approximate surface area is 68.2 Å². The van der Waals surface area contributed by atoms with Crippen molar-refractivity contribution in [2.45, 2.75) is 27.3 Å². The lowest BCUT2D eigenvalue weighted by Gasteiger charge is -1.90. The van der Waals surface area contributed by atoms with Crippen molar-refractivity contribution in [1.29, 1.82) is 0 Å². The van der Waals surface area contributed by atoms with Gasteiger partial charge in [0.2, 0.25) is 0 Å². The lowest BCUT2D eigenvalue weighted by molar-refractivity contribution is 0.770. The van der Waals surface area contributed by atoms with Gasteiger partial charge in [-0.2, -0.15) is 0 Å². The molecule has 1 aromatic heterocycles. The van der Waals surface area contributed by atoms with Crippen LogP contribution in [-0.2, 0) is 6.54 Å². The summed E-state index contributed by atoms with van der Waals surface area (Å²) in [5, 5.41) is 3.00. The van der Waals surface area contributed by atoms with Crippen LogP contribution in [0, 0.1) is 6.92 Å². The molecule has 0 radical (unpaired) electrons. The molecule has 64 valence electrons. The molecule has 0 bridgehead atoms. The van der Waals surface area contributed by atoms with Crippen LogP contribution in [0.2, 0.25) is 0 Å². The maximum Gasteiger partial charge on any atom is 0.120 e. The summed E-state index contributed by atoms with van der Waals surface area (Å²) < 4.78 is 0. The van der Waals surface area contributed by atoms with Gasteiger partial charge >= 0.3 is 0 Å². The van der Waals surface area contributed by atoms with Crippen LogP contribution in [0.3, 0.4) is 0 Å². The summed E-state index contributed by atoms with van der Waals surface area (Å²) in [5.41, 5.74) is 1.11. The Morgan fingerprint density at radius 3 is 2.55 bits per heavy atom. The van der Waals surface area contributed by atoms with Crippen molar-refractivity contribution in [1.82, 2.24) is 15.3 Å². The number of aromatic nitrogens is 2. The normalized spacial score (nSPS) is 8.73. The van der Waals surface area contributed by atoms with Gasteiger partial charge in [0.05, 0.1) is 6.54 Å². The third-order valence-corrected chi connectivity index (χ3v) is 1.10. The molecule has 0 amide bonds. The van der Waals surface area contributed by atoms with E-state index in [4.69, 9.17) is 0 Å². The Morgan fingerprint density at radius 2 is 2.18 bits per heavy atom. The summed E-state index contributed by atoms with van der Waals surface area (Å²) in [6.07, 6.45) is 1.83. The van der Waals surface area contributed by atoms with E-state index in [1.807, 2.05) is 34.0 Å². The van der Waals surface area contributed by atoms with E-state index in [0.717, 1.165) is 18.1 Å². The smallest absolute Gasteiger partial charge is 0.120 e. The summed E-state index contributed by atoms with van der Waals surface area (Å²) in [5.74, 6) is 0.995. The van der Waals surface area contributed by atoms with Gasteiger partial charge in [-0.25, -0.2) is 4.98 Å². The van der Waals surface area contributed by atoms with E-state index in [1.54, 1.807) is 0 Å². The summed E-state index contributed by atoms with van der Waals surface area (Å²) in [4.78, 5) is 7.19. The minimum Gasteiger partial charge on any atom is -0.345 e. The largest absolute Gasteiger partial charge is 0.345 e. The minimum atomic E-state index is 0.813. The predicted molar refractivity (Wildman–Crippen MR) is 47.4 cm³/mol. The maximum atomic E-state index is 4.09. The number of imidazole rings is 1. The lowest BCUT2D eigenvalue weighted by Crippen LogP contribution is -2.06.